The Balaban J connectivity index is 1.56. The summed E-state index contributed by atoms with van der Waals surface area (Å²) in [7, 11) is 0. The Bertz CT molecular complexity index is 1470. The number of hydrogen-bond donors (Lipinski definition) is 2. The molecule has 2 amide bonds. The first-order valence-electron chi connectivity index (χ1n) is 11.5. The average Bonchev–Trinajstić information content (AvgIpc) is 3.27. The van der Waals surface area contributed by atoms with Gasteiger partial charge >= 0.3 is 0 Å². The van der Waals surface area contributed by atoms with E-state index < -0.39 is 0 Å². The van der Waals surface area contributed by atoms with Crippen molar-refractivity contribution < 1.29 is 9.59 Å². The van der Waals surface area contributed by atoms with Crippen molar-refractivity contribution in [3.8, 4) is 5.69 Å². The van der Waals surface area contributed by atoms with Crippen LogP contribution in [0.1, 0.15) is 32.9 Å². The van der Waals surface area contributed by atoms with Crippen molar-refractivity contribution in [3.05, 3.63) is 98.2 Å². The molecule has 1 heterocycles. The predicted octanol–water partition coefficient (Wildman–Crippen LogP) is 6.27. The summed E-state index contributed by atoms with van der Waals surface area (Å²) in [6, 6.07) is 18.7. The maximum absolute atomic E-state index is 12.8. The second kappa shape index (κ2) is 11.9. The Kier molecular flexibility index (Phi) is 8.68. The Morgan fingerprint density at radius 2 is 1.81 bits per heavy atom. The number of benzene rings is 3. The molecule has 10 heteroatoms. The zero-order valence-corrected chi connectivity index (χ0v) is 23.7. The zero-order valence-electron chi connectivity index (χ0n) is 20.5. The first-order chi connectivity index (χ1) is 17.7. The van der Waals surface area contributed by atoms with Gasteiger partial charge in [-0.15, -0.1) is 10.2 Å². The number of nitrogens with zero attached hydrogens (tertiary/aromatic N) is 3. The summed E-state index contributed by atoms with van der Waals surface area (Å²) >= 11 is 10.9. The molecule has 0 saturated carbocycles. The number of thioether (sulfide) groups is 1. The molecule has 0 aliphatic rings. The van der Waals surface area contributed by atoms with Crippen molar-refractivity contribution >= 4 is 56.8 Å². The molecule has 0 fully saturated rings. The van der Waals surface area contributed by atoms with Crippen LogP contribution in [0.4, 0.5) is 5.69 Å². The number of halogens is 2. The quantitative estimate of drug-likeness (QED) is 0.234. The van der Waals surface area contributed by atoms with Crippen LogP contribution in [0.3, 0.4) is 0 Å². The van der Waals surface area contributed by atoms with Crippen LogP contribution in [0.15, 0.2) is 70.3 Å². The highest BCUT2D eigenvalue weighted by Crippen LogP contribution is 2.26. The third-order valence-electron chi connectivity index (χ3n) is 5.73. The van der Waals surface area contributed by atoms with E-state index in [0.717, 1.165) is 32.5 Å². The topological polar surface area (TPSA) is 88.9 Å². The number of nitrogens with one attached hydrogen (secondary N) is 2. The molecule has 2 N–H and O–H groups in total. The van der Waals surface area contributed by atoms with Gasteiger partial charge < -0.3 is 10.6 Å². The minimum absolute atomic E-state index is 0.123. The second-order valence-corrected chi connectivity index (χ2v) is 10.7. The van der Waals surface area contributed by atoms with Gasteiger partial charge in [-0.1, -0.05) is 63.6 Å². The molecular formula is C27H25BrClN5O2S. The van der Waals surface area contributed by atoms with Crippen LogP contribution in [0.25, 0.3) is 5.69 Å². The molecule has 0 atom stereocenters. The highest BCUT2D eigenvalue weighted by molar-refractivity contribution is 9.10. The highest BCUT2D eigenvalue weighted by atomic mass is 79.9. The average molecular weight is 599 g/mol. The summed E-state index contributed by atoms with van der Waals surface area (Å²) in [5, 5.41) is 15.4. The van der Waals surface area contributed by atoms with E-state index in [-0.39, 0.29) is 24.1 Å². The summed E-state index contributed by atoms with van der Waals surface area (Å²) in [5.74, 6) is 0.213. The van der Waals surface area contributed by atoms with Crippen LogP contribution in [0, 0.1) is 20.8 Å². The van der Waals surface area contributed by atoms with Gasteiger partial charge in [0.05, 0.1) is 28.6 Å². The smallest absolute Gasteiger partial charge is 0.253 e. The lowest BCUT2D eigenvalue weighted by Gasteiger charge is -2.15. The van der Waals surface area contributed by atoms with E-state index in [4.69, 9.17) is 11.6 Å². The van der Waals surface area contributed by atoms with Gasteiger partial charge in [0.1, 0.15) is 0 Å². The first kappa shape index (κ1) is 26.9. The molecule has 0 saturated heterocycles. The molecule has 1 aromatic heterocycles. The van der Waals surface area contributed by atoms with E-state index in [1.54, 1.807) is 18.2 Å². The predicted molar refractivity (Wildman–Crippen MR) is 152 cm³/mol. The van der Waals surface area contributed by atoms with E-state index >= 15 is 0 Å². The summed E-state index contributed by atoms with van der Waals surface area (Å²) < 4.78 is 2.64. The summed E-state index contributed by atoms with van der Waals surface area (Å²) in [4.78, 5) is 25.5. The highest BCUT2D eigenvalue weighted by Gasteiger charge is 2.19. The van der Waals surface area contributed by atoms with Crippen molar-refractivity contribution in [1.29, 1.82) is 0 Å². The number of rotatable bonds is 8. The molecule has 0 aliphatic heterocycles. The summed E-state index contributed by atoms with van der Waals surface area (Å²) in [6.45, 7) is 6.15. The molecule has 0 unspecified atom stereocenters. The molecular weight excluding hydrogens is 574 g/mol. The number of carbonyl (C=O) groups excluding carboxylic acids is 2. The van der Waals surface area contributed by atoms with Crippen molar-refractivity contribution in [3.63, 3.8) is 0 Å². The molecule has 3 aromatic carbocycles. The van der Waals surface area contributed by atoms with Gasteiger partial charge in [0.2, 0.25) is 5.91 Å². The molecule has 4 rings (SSSR count). The number of anilines is 1. The van der Waals surface area contributed by atoms with Gasteiger partial charge in [-0.25, -0.2) is 0 Å². The Hall–Kier alpha value is -3.14. The molecule has 4 aromatic rings. The van der Waals surface area contributed by atoms with Crippen LogP contribution >= 0.6 is 39.3 Å². The fraction of sp³-hybridized carbons (Fsp3) is 0.185. The minimum atomic E-state index is -0.325. The Morgan fingerprint density at radius 3 is 2.59 bits per heavy atom. The van der Waals surface area contributed by atoms with Crippen LogP contribution in [0.5, 0.6) is 0 Å². The number of carbonyl (C=O) groups is 2. The maximum atomic E-state index is 12.8. The molecule has 190 valence electrons. The lowest BCUT2D eigenvalue weighted by molar-refractivity contribution is -0.113. The van der Waals surface area contributed by atoms with E-state index in [1.807, 2.05) is 67.8 Å². The summed E-state index contributed by atoms with van der Waals surface area (Å²) in [5.41, 5.74) is 5.21. The number of amides is 2. The maximum Gasteiger partial charge on any atom is 0.253 e. The minimum Gasteiger partial charge on any atom is -0.345 e. The third kappa shape index (κ3) is 6.60. The van der Waals surface area contributed by atoms with Gasteiger partial charge in [0, 0.05) is 10.2 Å². The van der Waals surface area contributed by atoms with E-state index in [9.17, 15) is 9.59 Å². The molecule has 7 nitrogen and oxygen atoms in total. The number of aryl methyl sites for hydroxylation is 2. The van der Waals surface area contributed by atoms with Crippen LogP contribution < -0.4 is 10.6 Å². The van der Waals surface area contributed by atoms with Crippen LogP contribution in [-0.2, 0) is 11.3 Å². The zero-order chi connectivity index (χ0) is 26.5. The van der Waals surface area contributed by atoms with Gasteiger partial charge in [0.15, 0.2) is 11.0 Å². The molecule has 0 bridgehead atoms. The second-order valence-electron chi connectivity index (χ2n) is 8.47. The van der Waals surface area contributed by atoms with Crippen molar-refractivity contribution in [2.24, 2.45) is 0 Å². The molecule has 0 radical (unpaired) electrons. The SMILES string of the molecule is Cc1cccc(NC(=O)CSc2nnc(CNC(=O)c3cc(Br)ccc3Cl)n2-c2cccc(C)c2C)c1. The largest absolute Gasteiger partial charge is 0.345 e. The van der Waals surface area contributed by atoms with Crippen molar-refractivity contribution in [1.82, 2.24) is 20.1 Å². The van der Waals surface area contributed by atoms with Gasteiger partial charge in [-0.2, -0.15) is 0 Å². The van der Waals surface area contributed by atoms with Gasteiger partial charge in [0.25, 0.3) is 5.91 Å². The number of hydrogen-bond acceptors (Lipinski definition) is 5. The lowest BCUT2D eigenvalue weighted by atomic mass is 10.1. The fourth-order valence-corrected chi connectivity index (χ4v) is 5.03. The van der Waals surface area contributed by atoms with E-state index in [0.29, 0.717) is 21.6 Å². The molecule has 0 spiro atoms. The first-order valence-corrected chi connectivity index (χ1v) is 13.6. The molecule has 0 aliphatic carbocycles. The Morgan fingerprint density at radius 1 is 1.03 bits per heavy atom. The fourth-order valence-electron chi connectivity index (χ4n) is 3.70. The standard InChI is InChI=1S/C27H25BrClN5O2S/c1-16-6-4-8-20(12-16)31-25(35)15-37-27-33-32-24(34(27)23-9-5-7-17(2)18(23)3)14-30-26(36)21-13-19(28)10-11-22(21)29/h4-13H,14-15H2,1-3H3,(H,30,36)(H,31,35). The number of aromatic nitrogens is 3. The van der Waals surface area contributed by atoms with Crippen LogP contribution in [-0.4, -0.2) is 32.3 Å². The van der Waals surface area contributed by atoms with Gasteiger partial charge in [-0.3, -0.25) is 14.2 Å². The lowest BCUT2D eigenvalue weighted by Crippen LogP contribution is -2.25. The third-order valence-corrected chi connectivity index (χ3v) is 7.48. The monoisotopic (exact) mass is 597 g/mol. The van der Waals surface area contributed by atoms with E-state index in [2.05, 4.69) is 36.8 Å². The van der Waals surface area contributed by atoms with E-state index in [1.165, 1.54) is 11.8 Å². The van der Waals surface area contributed by atoms with Crippen molar-refractivity contribution in [2.75, 3.05) is 11.1 Å². The Labute approximate surface area is 233 Å². The van der Waals surface area contributed by atoms with Crippen LogP contribution in [0.2, 0.25) is 5.02 Å². The normalized spacial score (nSPS) is 10.8. The van der Waals surface area contributed by atoms with Crippen molar-refractivity contribution in [2.45, 2.75) is 32.5 Å². The summed E-state index contributed by atoms with van der Waals surface area (Å²) in [6.07, 6.45) is 0. The van der Waals surface area contributed by atoms with Gasteiger partial charge in [-0.05, 0) is 73.9 Å². The molecule has 37 heavy (non-hydrogen) atoms.